The number of hydrogen-bond acceptors (Lipinski definition) is 6. The number of aromatic nitrogens is 13. The monoisotopic (exact) mass is 1850 g/mol. The molecule has 35 aromatic rings. The van der Waals surface area contributed by atoms with Crippen LogP contribution in [0.2, 0.25) is 0 Å². The van der Waals surface area contributed by atoms with Crippen molar-refractivity contribution in [3.63, 3.8) is 0 Å². The molecular formula is C132H74N14. The maximum absolute atomic E-state index is 9.70. The van der Waals surface area contributed by atoms with E-state index in [0.717, 1.165) is 89.0 Å². The molecule has 0 amide bonds. The van der Waals surface area contributed by atoms with Crippen LogP contribution in [0.5, 0.6) is 0 Å². The first-order valence-corrected chi connectivity index (χ1v) is 49.5. The van der Waals surface area contributed by atoms with Crippen molar-refractivity contribution in [3.05, 3.63) is 455 Å². The molecule has 15 heterocycles. The zero-order chi connectivity index (χ0) is 95.1. The summed E-state index contributed by atoms with van der Waals surface area (Å²) < 4.78 is 19.1. The summed E-state index contributed by atoms with van der Waals surface area (Å²) in [5, 5.41) is 45.6. The number of para-hydroxylation sites is 9. The van der Waals surface area contributed by atoms with Gasteiger partial charge in [0.15, 0.2) is 0 Å². The van der Waals surface area contributed by atoms with Crippen LogP contribution < -0.4 is 0 Å². The van der Waals surface area contributed by atoms with E-state index in [4.69, 9.17) is 15.0 Å². The summed E-state index contributed by atoms with van der Waals surface area (Å²) in [5.41, 5.74) is 28.9. The van der Waals surface area contributed by atoms with E-state index in [2.05, 4.69) is 428 Å². The first-order valence-electron chi connectivity index (χ1n) is 49.5. The maximum Gasteiger partial charge on any atom is 0.235 e. The molecule has 20 aromatic carbocycles. The van der Waals surface area contributed by atoms with Gasteiger partial charge in [-0.25, -0.2) is 15.0 Å². The highest BCUT2D eigenvalue weighted by molar-refractivity contribution is 6.40. The Hall–Kier alpha value is -20.1. The van der Waals surface area contributed by atoms with E-state index in [9.17, 15) is 5.26 Å². The number of hydrogen-bond donors (Lipinski definition) is 0. The van der Waals surface area contributed by atoms with Crippen LogP contribution in [-0.4, -0.2) is 61.0 Å². The number of nitriles is 1. The van der Waals surface area contributed by atoms with Gasteiger partial charge in [-0.1, -0.05) is 255 Å². The summed E-state index contributed by atoms with van der Waals surface area (Å²) in [6, 6.07) is 153. The first kappa shape index (κ1) is 78.7. The Morgan fingerprint density at radius 3 is 1.00 bits per heavy atom. The summed E-state index contributed by atoms with van der Waals surface area (Å²) in [5.74, 6) is 1.49. The normalized spacial score (nSPS) is 12.4. The summed E-state index contributed by atoms with van der Waals surface area (Å²) in [4.78, 5) is 24.7. The van der Waals surface area contributed by atoms with Gasteiger partial charge in [0.05, 0.1) is 152 Å². The van der Waals surface area contributed by atoms with Crippen molar-refractivity contribution < 1.29 is 0 Å². The lowest BCUT2D eigenvalue weighted by Gasteiger charge is -2.13. The van der Waals surface area contributed by atoms with Gasteiger partial charge in [-0.15, -0.1) is 0 Å². The third-order valence-corrected chi connectivity index (χ3v) is 31.5. The highest BCUT2D eigenvalue weighted by Gasteiger charge is 2.32. The van der Waals surface area contributed by atoms with E-state index < -0.39 is 0 Å². The molecule has 0 unspecified atom stereocenters. The third-order valence-electron chi connectivity index (χ3n) is 31.5. The van der Waals surface area contributed by atoms with Crippen LogP contribution in [0, 0.1) is 11.3 Å². The number of benzene rings is 20. The Labute approximate surface area is 828 Å². The van der Waals surface area contributed by atoms with Gasteiger partial charge >= 0.3 is 0 Å². The van der Waals surface area contributed by atoms with Crippen LogP contribution in [0.25, 0.3) is 307 Å². The lowest BCUT2D eigenvalue weighted by atomic mass is 10.0. The summed E-state index contributed by atoms with van der Waals surface area (Å²) >= 11 is 0. The summed E-state index contributed by atoms with van der Waals surface area (Å²) in [6.45, 7) is 0. The number of rotatable bonds is 6. The number of nitrogens with zero attached hydrogens (tertiary/aromatic N) is 14. The van der Waals surface area contributed by atoms with Gasteiger partial charge in [-0.05, 0) is 196 Å². The fourth-order valence-electron chi connectivity index (χ4n) is 25.6. The minimum Gasteiger partial charge on any atom is -0.309 e. The van der Waals surface area contributed by atoms with Crippen molar-refractivity contribution in [1.82, 2.24) is 61.0 Å². The lowest BCUT2D eigenvalue weighted by Crippen LogP contribution is -2.03. The minimum atomic E-state index is 0.599. The van der Waals surface area contributed by atoms with Crippen molar-refractivity contribution in [3.8, 4) is 46.2 Å². The van der Waals surface area contributed by atoms with Crippen LogP contribution in [0.4, 0.5) is 0 Å². The lowest BCUT2D eigenvalue weighted by molar-refractivity contribution is 1.01. The molecule has 672 valence electrons. The molecule has 14 nitrogen and oxygen atoms in total. The Kier molecular flexibility index (Phi) is 15.9. The van der Waals surface area contributed by atoms with Crippen molar-refractivity contribution in [1.29, 1.82) is 5.26 Å². The molecule has 146 heavy (non-hydrogen) atoms. The van der Waals surface area contributed by atoms with E-state index in [1.165, 1.54) is 212 Å². The molecule has 0 aliphatic carbocycles. The van der Waals surface area contributed by atoms with Gasteiger partial charge < -0.3 is 26.9 Å². The van der Waals surface area contributed by atoms with Gasteiger partial charge in [0.25, 0.3) is 0 Å². The smallest absolute Gasteiger partial charge is 0.235 e. The highest BCUT2D eigenvalue weighted by atomic mass is 15.2. The summed E-state index contributed by atoms with van der Waals surface area (Å²) in [6.07, 6.45) is 9.68. The van der Waals surface area contributed by atoms with Crippen LogP contribution in [0.15, 0.2) is 450 Å². The zero-order valence-corrected chi connectivity index (χ0v) is 78.0. The van der Waals surface area contributed by atoms with Crippen LogP contribution in [-0.2, 0) is 0 Å². The number of pyridine rings is 3. The van der Waals surface area contributed by atoms with E-state index in [1.807, 2.05) is 73.4 Å². The predicted octanol–water partition coefficient (Wildman–Crippen LogP) is 33.1. The molecule has 0 N–H and O–H groups in total. The predicted molar refractivity (Wildman–Crippen MR) is 604 cm³/mol. The van der Waals surface area contributed by atoms with Crippen molar-refractivity contribution in [2.45, 2.75) is 0 Å². The van der Waals surface area contributed by atoms with E-state index in [0.29, 0.717) is 11.5 Å². The molecule has 35 rings (SSSR count). The quantitative estimate of drug-likeness (QED) is 0.163. The average Bonchev–Trinajstić information content (AvgIpc) is 1.52. The molecule has 0 saturated heterocycles. The minimum absolute atomic E-state index is 0.599. The standard InChI is InChI=1S/C45H26N4.C44H25N5.C43H23N5/c1-2-11-28-23-40-36(22-27(28)10-1)44-43-34-16-5-8-19-39(34)47(41(43)25-35-32-15-4-7-18-38(32)49(40)45(35)44)29-12-9-13-30(24-29)48-37-17-6-3-14-31(37)33-20-21-46-26-42(33)48;1-2-10-27-22-38-34(21-26(27)9-1)43-42-32-13-5-8-16-37(32)48(39(42)23-33-30-12-4-7-15-36(30)49(38)44(33)43)41-18-17-28(24-46-41)47-35-14-6-3-11-29(35)31-19-20-45-25-40(31)47;44-24-25-10-9-13-28(20-25)41-30-15-3-6-17-34(30)45-43(46-41)48-36-19-8-5-16-31(36)39-38(48)23-32-29-14-4-7-18-35(29)47-37-22-27-12-2-1-11-26(27)21-33(37)40(39)42(32)47/h1-26H;1-25H;1-23H. The second-order valence-corrected chi connectivity index (χ2v) is 38.9. The highest BCUT2D eigenvalue weighted by Crippen LogP contribution is 2.53. The fraction of sp³-hybridized carbons (Fsp3) is 0. The Balaban J connectivity index is 0.0000000958. The van der Waals surface area contributed by atoms with Gasteiger partial charge in [0.1, 0.15) is 5.82 Å². The van der Waals surface area contributed by atoms with Gasteiger partial charge in [0, 0.05) is 153 Å². The zero-order valence-electron chi connectivity index (χ0n) is 78.0. The van der Waals surface area contributed by atoms with Crippen LogP contribution >= 0.6 is 0 Å². The van der Waals surface area contributed by atoms with Gasteiger partial charge in [-0.3, -0.25) is 19.1 Å². The molecule has 0 atom stereocenters. The van der Waals surface area contributed by atoms with Crippen LogP contribution in [0.3, 0.4) is 0 Å². The van der Waals surface area contributed by atoms with Crippen molar-refractivity contribution in [2.75, 3.05) is 0 Å². The van der Waals surface area contributed by atoms with Crippen LogP contribution in [0.1, 0.15) is 5.56 Å². The molecule has 0 aliphatic rings. The molecule has 0 spiro atoms. The molecule has 14 heteroatoms. The van der Waals surface area contributed by atoms with Gasteiger partial charge in [0.2, 0.25) is 5.95 Å². The van der Waals surface area contributed by atoms with E-state index >= 15 is 0 Å². The largest absolute Gasteiger partial charge is 0.309 e. The molecule has 0 radical (unpaired) electrons. The SMILES string of the molecule is N#Cc1cccc(-c2nc(-n3c4ccccc4c4c5c6cc7ccccc7cc6n6c7ccccc7c(cc43)c56)nc3ccccc23)c1.c1cc(-n2c3ccccc3c3ccncc32)cc(-n2c3ccccc3c3c4c5cc6ccccc6cc5n5c6ccccc6c(cc32)c45)c1.c1ccc2cc3c(cc2c1)c1c2c4ccccc4n(-c4ccc(-n5c6ccccc6c6ccncc65)cn4)c2cc2c4ccccc4n3c21. The first-order chi connectivity index (χ1) is 72.4. The molecule has 0 aliphatic heterocycles. The molecular weight excluding hydrogens is 1780 g/mol. The van der Waals surface area contributed by atoms with E-state index in [-0.39, 0.29) is 0 Å². The molecule has 15 aromatic heterocycles. The van der Waals surface area contributed by atoms with Crippen molar-refractivity contribution in [2.24, 2.45) is 0 Å². The maximum atomic E-state index is 9.70. The fourth-order valence-corrected chi connectivity index (χ4v) is 25.6. The number of fused-ring (bicyclic) bond motifs is 40. The van der Waals surface area contributed by atoms with Gasteiger partial charge in [-0.2, -0.15) is 5.26 Å². The molecule has 0 saturated carbocycles. The average molecular weight is 1860 g/mol. The molecule has 0 fully saturated rings. The molecule has 0 bridgehead atoms. The summed E-state index contributed by atoms with van der Waals surface area (Å²) in [7, 11) is 0. The van der Waals surface area contributed by atoms with Crippen molar-refractivity contribution >= 4 is 267 Å². The van der Waals surface area contributed by atoms with E-state index in [1.54, 1.807) is 0 Å². The Morgan fingerprint density at radius 1 is 0.205 bits per heavy atom. The topological polar surface area (TPSA) is 126 Å². The second-order valence-electron chi connectivity index (χ2n) is 38.9. The second kappa shape index (κ2) is 29.5. The third kappa shape index (κ3) is 10.7. The Morgan fingerprint density at radius 2 is 0.555 bits per heavy atom. The Bertz CT molecular complexity index is 11900.